The third-order valence-corrected chi connectivity index (χ3v) is 2.07. The van der Waals surface area contributed by atoms with E-state index in [-0.39, 0.29) is 13.2 Å². The summed E-state index contributed by atoms with van der Waals surface area (Å²) in [5.41, 5.74) is 1.36. The van der Waals surface area contributed by atoms with Gasteiger partial charge in [-0.3, -0.25) is 0 Å². The van der Waals surface area contributed by atoms with E-state index in [4.69, 9.17) is 15.6 Å². The fourth-order valence-corrected chi connectivity index (χ4v) is 1.34. The van der Waals surface area contributed by atoms with Crippen molar-refractivity contribution in [2.45, 2.75) is 0 Å². The van der Waals surface area contributed by atoms with Crippen LogP contribution in [0, 0.1) is 5.39 Å². The Morgan fingerprint density at radius 1 is 1.00 bits per heavy atom. The van der Waals surface area contributed by atoms with Crippen LogP contribution in [0.3, 0.4) is 0 Å². The van der Waals surface area contributed by atoms with Crippen LogP contribution < -0.4 is 4.90 Å². The molecule has 2 N–H and O–H groups in total. The molecule has 0 saturated carbocycles. The van der Waals surface area contributed by atoms with E-state index >= 15 is 0 Å². The Kier molecular flexibility index (Phi) is 8.27. The monoisotopic (exact) mass is 295 g/mol. The zero-order valence-electron chi connectivity index (χ0n) is 10.5. The highest BCUT2D eigenvalue weighted by Gasteiger charge is 2.20. The minimum Gasteiger partial charge on any atom is -0.418 e. The Hall–Kier alpha value is -1.86. The topological polar surface area (TPSA) is 71.9 Å². The number of aliphatic hydroxyl groups excluding tert-OH is 2. The number of benzene rings is 1. The minimum atomic E-state index is -6.00. The fraction of sp³-hybridized carbons (Fsp3) is 0.400. The number of aliphatic hydroxyl groups is 2. The van der Waals surface area contributed by atoms with Crippen molar-refractivity contribution >= 4 is 18.6 Å². The quantitative estimate of drug-likeness (QED) is 0.496. The van der Waals surface area contributed by atoms with Gasteiger partial charge in [0.1, 0.15) is 0 Å². The molecule has 0 amide bonds. The summed E-state index contributed by atoms with van der Waals surface area (Å²) in [7, 11) is -6.00. The molecule has 0 atom stereocenters. The van der Waals surface area contributed by atoms with Gasteiger partial charge < -0.3 is 32.4 Å². The lowest BCUT2D eigenvalue weighted by Gasteiger charge is -2.22. The standard InChI is InChI=1S/C10H14N3O2.BF4/c11-12-9-1-3-10(4-2-9)13(5-7-14)6-8-15;2-1(3,4)5/h1-4,14-15H,5-8H2;/q+1;-1. The Morgan fingerprint density at radius 2 is 1.40 bits per heavy atom. The van der Waals surface area contributed by atoms with Crippen LogP contribution >= 0.6 is 0 Å². The van der Waals surface area contributed by atoms with Gasteiger partial charge in [-0.25, -0.2) is 0 Å². The molecule has 0 aliphatic heterocycles. The Labute approximate surface area is 113 Å². The number of anilines is 1. The van der Waals surface area contributed by atoms with Crippen LogP contribution in [0.2, 0.25) is 0 Å². The van der Waals surface area contributed by atoms with E-state index in [2.05, 4.69) is 4.98 Å². The van der Waals surface area contributed by atoms with Crippen LogP contribution in [0.4, 0.5) is 28.6 Å². The Balaban J connectivity index is 0.000000621. The first-order valence-corrected chi connectivity index (χ1v) is 5.61. The van der Waals surface area contributed by atoms with Gasteiger partial charge in [0.05, 0.1) is 13.2 Å². The molecule has 112 valence electrons. The highest BCUT2D eigenvalue weighted by molar-refractivity contribution is 6.50. The second kappa shape index (κ2) is 9.11. The van der Waals surface area contributed by atoms with E-state index in [9.17, 15) is 17.3 Å². The maximum Gasteiger partial charge on any atom is 0.673 e. The summed E-state index contributed by atoms with van der Waals surface area (Å²) >= 11 is 0. The number of hydrogen-bond acceptors (Lipinski definition) is 4. The van der Waals surface area contributed by atoms with Gasteiger partial charge in [0.15, 0.2) is 4.98 Å². The van der Waals surface area contributed by atoms with Crippen molar-refractivity contribution in [3.63, 3.8) is 0 Å². The summed E-state index contributed by atoms with van der Waals surface area (Å²) in [5, 5.41) is 26.2. The zero-order chi connectivity index (χ0) is 15.6. The van der Waals surface area contributed by atoms with Crippen molar-refractivity contribution in [1.29, 1.82) is 5.39 Å². The van der Waals surface area contributed by atoms with Crippen molar-refractivity contribution < 1.29 is 27.5 Å². The second-order valence-corrected chi connectivity index (χ2v) is 3.55. The molecule has 0 saturated heterocycles. The molecule has 0 aliphatic carbocycles. The number of rotatable bonds is 5. The molecule has 0 radical (unpaired) electrons. The van der Waals surface area contributed by atoms with Crippen LogP contribution in [0.15, 0.2) is 24.3 Å². The average molecular weight is 295 g/mol. The van der Waals surface area contributed by atoms with E-state index < -0.39 is 7.25 Å². The molecular formula is C10H14BF4N3O2. The number of nitrogens with zero attached hydrogens (tertiary/aromatic N) is 3. The summed E-state index contributed by atoms with van der Waals surface area (Å²) in [6.07, 6.45) is 0. The molecule has 0 aliphatic rings. The van der Waals surface area contributed by atoms with Crippen molar-refractivity contribution in [2.24, 2.45) is 0 Å². The first-order chi connectivity index (χ1) is 9.31. The van der Waals surface area contributed by atoms with Crippen molar-refractivity contribution in [2.75, 3.05) is 31.2 Å². The predicted octanol–water partition coefficient (Wildman–Crippen LogP) is 2.26. The van der Waals surface area contributed by atoms with Gasteiger partial charge in [-0.05, 0) is 12.1 Å². The SMILES string of the molecule is F[B-](F)(F)F.N#[N+]c1ccc(N(CCO)CCO)cc1. The molecule has 1 aromatic carbocycles. The number of halogens is 4. The number of diazo groups is 1. The lowest BCUT2D eigenvalue weighted by molar-refractivity contribution is 0.281. The first-order valence-electron chi connectivity index (χ1n) is 5.61. The van der Waals surface area contributed by atoms with Crippen LogP contribution in [0.1, 0.15) is 0 Å². The van der Waals surface area contributed by atoms with Crippen LogP contribution in [-0.4, -0.2) is 43.8 Å². The van der Waals surface area contributed by atoms with E-state index in [0.29, 0.717) is 18.8 Å². The van der Waals surface area contributed by atoms with Gasteiger partial charge in [0, 0.05) is 30.9 Å². The predicted molar refractivity (Wildman–Crippen MR) is 67.8 cm³/mol. The van der Waals surface area contributed by atoms with Crippen LogP contribution in [0.5, 0.6) is 0 Å². The van der Waals surface area contributed by atoms with Gasteiger partial charge in [0.25, 0.3) is 0 Å². The van der Waals surface area contributed by atoms with E-state index in [1.54, 1.807) is 24.3 Å². The zero-order valence-corrected chi connectivity index (χ0v) is 10.5. The van der Waals surface area contributed by atoms with Gasteiger partial charge in [0.2, 0.25) is 5.39 Å². The molecule has 10 heteroatoms. The summed E-state index contributed by atoms with van der Waals surface area (Å²) in [4.78, 5) is 4.89. The van der Waals surface area contributed by atoms with Gasteiger partial charge in [-0.1, -0.05) is 0 Å². The van der Waals surface area contributed by atoms with E-state index in [0.717, 1.165) is 5.69 Å². The normalized spacial score (nSPS) is 10.2. The van der Waals surface area contributed by atoms with E-state index in [1.807, 2.05) is 4.90 Å². The molecule has 0 spiro atoms. The lowest BCUT2D eigenvalue weighted by Crippen LogP contribution is -2.29. The third kappa shape index (κ3) is 9.13. The van der Waals surface area contributed by atoms with Gasteiger partial charge in [-0.15, -0.1) is 0 Å². The molecule has 0 aromatic heterocycles. The van der Waals surface area contributed by atoms with E-state index in [1.165, 1.54) is 0 Å². The van der Waals surface area contributed by atoms with Crippen molar-refractivity contribution in [3.05, 3.63) is 29.2 Å². The molecule has 0 fully saturated rings. The summed E-state index contributed by atoms with van der Waals surface area (Å²) in [5.74, 6) is 0. The highest BCUT2D eigenvalue weighted by Crippen LogP contribution is 2.19. The minimum absolute atomic E-state index is 0.0339. The summed E-state index contributed by atoms with van der Waals surface area (Å²) < 4.78 is 39.0. The summed E-state index contributed by atoms with van der Waals surface area (Å²) in [6, 6.07) is 6.88. The van der Waals surface area contributed by atoms with Crippen LogP contribution in [-0.2, 0) is 0 Å². The second-order valence-electron chi connectivity index (χ2n) is 3.55. The molecule has 0 heterocycles. The first kappa shape index (κ1) is 18.1. The molecule has 5 nitrogen and oxygen atoms in total. The average Bonchev–Trinajstić information content (AvgIpc) is 2.37. The lowest BCUT2D eigenvalue weighted by atomic mass is 10.2. The third-order valence-electron chi connectivity index (χ3n) is 2.07. The maximum atomic E-state index is 9.75. The molecular weight excluding hydrogens is 281 g/mol. The largest absolute Gasteiger partial charge is 0.673 e. The van der Waals surface area contributed by atoms with Crippen molar-refractivity contribution in [3.8, 4) is 0 Å². The van der Waals surface area contributed by atoms with Crippen molar-refractivity contribution in [1.82, 2.24) is 0 Å². The fourth-order valence-electron chi connectivity index (χ4n) is 1.34. The Bertz CT molecular complexity index is 410. The number of hydrogen-bond donors (Lipinski definition) is 2. The van der Waals surface area contributed by atoms with Gasteiger partial charge >= 0.3 is 12.9 Å². The van der Waals surface area contributed by atoms with Gasteiger partial charge in [-0.2, -0.15) is 0 Å². The highest BCUT2D eigenvalue weighted by atomic mass is 19.5. The summed E-state index contributed by atoms with van der Waals surface area (Å²) in [6.45, 7) is 1.00. The molecule has 1 rings (SSSR count). The molecule has 1 aromatic rings. The maximum absolute atomic E-state index is 9.75. The molecule has 20 heavy (non-hydrogen) atoms. The molecule has 0 unspecified atom stereocenters. The Morgan fingerprint density at radius 3 is 1.70 bits per heavy atom. The molecule has 0 bridgehead atoms. The smallest absolute Gasteiger partial charge is 0.418 e. The van der Waals surface area contributed by atoms with Crippen LogP contribution in [0.25, 0.3) is 4.98 Å².